The maximum Gasteiger partial charge on any atom is 0.359 e. The van der Waals surface area contributed by atoms with Gasteiger partial charge in [-0.3, -0.25) is 0 Å². The van der Waals surface area contributed by atoms with Crippen molar-refractivity contribution in [2.75, 3.05) is 26.2 Å². The molecule has 0 bridgehead atoms. The number of hydrogen-bond donors (Lipinski definition) is 1. The van der Waals surface area contributed by atoms with Gasteiger partial charge in [-0.15, -0.1) is 0 Å². The third-order valence-corrected chi connectivity index (χ3v) is 5.80. The molecule has 0 aromatic carbocycles. The molecular weight excluding hydrogens is 326 g/mol. The summed E-state index contributed by atoms with van der Waals surface area (Å²) in [5.74, 6) is -0.658. The van der Waals surface area contributed by atoms with Crippen LogP contribution in [0.25, 0.3) is 0 Å². The Balaban J connectivity index is 0. The van der Waals surface area contributed by atoms with Gasteiger partial charge < -0.3 is 15.1 Å². The van der Waals surface area contributed by atoms with Crippen LogP contribution in [0, 0.1) is 0 Å². The van der Waals surface area contributed by atoms with E-state index in [9.17, 15) is 4.79 Å². The summed E-state index contributed by atoms with van der Waals surface area (Å²) in [6, 6.07) is 0. The molecule has 158 valence electrons. The first-order chi connectivity index (χ1) is 12.1. The molecule has 0 aromatic rings. The average molecular weight is 374 g/mol. The molecule has 0 aliphatic rings. The molecule has 26 heavy (non-hydrogen) atoms. The molecule has 0 saturated carbocycles. The van der Waals surface area contributed by atoms with Gasteiger partial charge in [0.05, 0.1) is 19.6 Å². The van der Waals surface area contributed by atoms with E-state index in [2.05, 4.69) is 20.8 Å². The Labute approximate surface area is 163 Å². The summed E-state index contributed by atoms with van der Waals surface area (Å²) in [7, 11) is 0. The number of unbranched alkanes of at least 4 members (excludes halogenated alkanes) is 13. The fourth-order valence-electron chi connectivity index (χ4n) is 3.77. The van der Waals surface area contributed by atoms with Crippen molar-refractivity contribution in [3.63, 3.8) is 0 Å². The Hall–Kier alpha value is -0.610. The normalized spacial score (nSPS) is 11.3. The second kappa shape index (κ2) is 19.2. The van der Waals surface area contributed by atoms with E-state index in [4.69, 9.17) is 5.11 Å². The van der Waals surface area contributed by atoms with Crippen molar-refractivity contribution in [3.05, 3.63) is 0 Å². The monoisotopic (exact) mass is 373 g/mol. The number of quaternary nitrogens is 1. The lowest BCUT2D eigenvalue weighted by molar-refractivity contribution is -0.918. The van der Waals surface area contributed by atoms with Crippen LogP contribution in [0.15, 0.2) is 0 Å². The van der Waals surface area contributed by atoms with Crippen LogP contribution in [0.2, 0.25) is 0 Å². The standard InChI is InChI=1S/C22H45NO2.H2O/c1-4-7-8-9-10-11-12-13-14-15-16-17-18-19-20-23(5-2,6-3)21-22(24)25;/h4-21H2,1-3H3;1H2. The molecule has 0 heterocycles. The van der Waals surface area contributed by atoms with Gasteiger partial charge in [-0.1, -0.05) is 84.0 Å². The number of carbonyl (C=O) groups is 1. The molecule has 0 unspecified atom stereocenters. The van der Waals surface area contributed by atoms with Gasteiger partial charge >= 0.3 is 5.97 Å². The topological polar surface area (TPSA) is 67.3 Å². The lowest BCUT2D eigenvalue weighted by atomic mass is 10.0. The first-order valence-corrected chi connectivity index (χ1v) is 11.2. The lowest BCUT2D eigenvalue weighted by Crippen LogP contribution is -2.51. The van der Waals surface area contributed by atoms with Gasteiger partial charge in [-0.25, -0.2) is 4.79 Å². The van der Waals surface area contributed by atoms with E-state index in [0.717, 1.165) is 24.1 Å². The molecular formula is C22H47NO3. The quantitative estimate of drug-likeness (QED) is 0.215. The molecule has 0 saturated heterocycles. The van der Waals surface area contributed by atoms with Gasteiger partial charge in [0.2, 0.25) is 0 Å². The highest BCUT2D eigenvalue weighted by Crippen LogP contribution is 2.14. The Kier molecular flexibility index (Phi) is 20.3. The van der Waals surface area contributed by atoms with Crippen molar-refractivity contribution >= 4 is 5.97 Å². The summed E-state index contributed by atoms with van der Waals surface area (Å²) in [6.45, 7) is 9.69. The second-order valence-electron chi connectivity index (χ2n) is 7.85. The van der Waals surface area contributed by atoms with Gasteiger partial charge in [0.15, 0.2) is 6.54 Å². The zero-order valence-electron chi connectivity index (χ0n) is 18.0. The van der Waals surface area contributed by atoms with Crippen molar-refractivity contribution in [1.82, 2.24) is 0 Å². The van der Waals surface area contributed by atoms with Crippen LogP contribution in [0.4, 0.5) is 0 Å². The number of nitrogens with zero attached hydrogens (tertiary/aromatic N) is 1. The minimum absolute atomic E-state index is 0. The molecule has 0 amide bonds. The van der Waals surface area contributed by atoms with Crippen molar-refractivity contribution in [3.8, 4) is 0 Å². The maximum atomic E-state index is 11.1. The smallest absolute Gasteiger partial charge is 0.359 e. The largest absolute Gasteiger partial charge is 0.870 e. The Morgan fingerprint density at radius 2 is 1.00 bits per heavy atom. The average Bonchev–Trinajstić information content (AvgIpc) is 2.60. The van der Waals surface area contributed by atoms with E-state index < -0.39 is 5.97 Å². The molecule has 0 fully saturated rings. The van der Waals surface area contributed by atoms with Crippen LogP contribution in [0.5, 0.6) is 0 Å². The summed E-state index contributed by atoms with van der Waals surface area (Å²) in [5.41, 5.74) is 0. The van der Waals surface area contributed by atoms with Crippen molar-refractivity contribution in [2.24, 2.45) is 0 Å². The third kappa shape index (κ3) is 15.6. The van der Waals surface area contributed by atoms with Crippen LogP contribution in [-0.4, -0.2) is 47.2 Å². The van der Waals surface area contributed by atoms with E-state index in [0.29, 0.717) is 0 Å². The zero-order valence-corrected chi connectivity index (χ0v) is 18.0. The number of carboxylic acid groups (broad SMARTS) is 1. The molecule has 0 rings (SSSR count). The second-order valence-corrected chi connectivity index (χ2v) is 7.85. The maximum absolute atomic E-state index is 11.1. The van der Waals surface area contributed by atoms with Gasteiger partial charge in [-0.05, 0) is 26.7 Å². The van der Waals surface area contributed by atoms with Gasteiger partial charge in [0.1, 0.15) is 0 Å². The summed E-state index contributed by atoms with van der Waals surface area (Å²) in [6.07, 6.45) is 19.2. The van der Waals surface area contributed by atoms with E-state index >= 15 is 0 Å². The third-order valence-electron chi connectivity index (χ3n) is 5.80. The highest BCUT2D eigenvalue weighted by Gasteiger charge is 2.25. The SMILES string of the molecule is CCCCCCCCCCCCCCCC[N+](CC)(CC)CC(=O)O.[OH-]. The zero-order chi connectivity index (χ0) is 18.8. The molecule has 4 heteroatoms. The molecule has 0 spiro atoms. The molecule has 2 N–H and O–H groups in total. The molecule has 0 aliphatic carbocycles. The van der Waals surface area contributed by atoms with E-state index in [1.165, 1.54) is 89.9 Å². The van der Waals surface area contributed by atoms with Gasteiger partial charge in [0.25, 0.3) is 0 Å². The van der Waals surface area contributed by atoms with Crippen LogP contribution < -0.4 is 0 Å². The summed E-state index contributed by atoms with van der Waals surface area (Å²) in [5, 5.41) is 9.11. The molecule has 4 nitrogen and oxygen atoms in total. The Morgan fingerprint density at radius 1 is 0.654 bits per heavy atom. The lowest BCUT2D eigenvalue weighted by Gasteiger charge is -2.35. The van der Waals surface area contributed by atoms with Crippen LogP contribution in [0.1, 0.15) is 111 Å². The molecule has 0 atom stereocenters. The number of rotatable bonds is 19. The minimum atomic E-state index is -0.658. The number of aliphatic carboxylic acids is 1. The minimum Gasteiger partial charge on any atom is -0.870 e. The highest BCUT2D eigenvalue weighted by molar-refractivity contribution is 5.67. The fraction of sp³-hybridized carbons (Fsp3) is 0.955. The Morgan fingerprint density at radius 3 is 1.31 bits per heavy atom. The van der Waals surface area contributed by atoms with Gasteiger partial charge in [0, 0.05) is 0 Å². The predicted octanol–water partition coefficient (Wildman–Crippen LogP) is 6.23. The van der Waals surface area contributed by atoms with Crippen LogP contribution >= 0.6 is 0 Å². The van der Waals surface area contributed by atoms with E-state index in [1.54, 1.807) is 0 Å². The van der Waals surface area contributed by atoms with Crippen LogP contribution in [-0.2, 0) is 4.79 Å². The summed E-state index contributed by atoms with van der Waals surface area (Å²) in [4.78, 5) is 11.1. The predicted molar refractivity (Wildman–Crippen MR) is 111 cm³/mol. The molecule has 0 aliphatic heterocycles. The summed E-state index contributed by atoms with van der Waals surface area (Å²) < 4.78 is 0.744. The van der Waals surface area contributed by atoms with Crippen molar-refractivity contribution in [2.45, 2.75) is 111 Å². The molecule has 0 radical (unpaired) electrons. The first-order valence-electron chi connectivity index (χ1n) is 11.2. The first kappa shape index (κ1) is 27.6. The van der Waals surface area contributed by atoms with E-state index in [-0.39, 0.29) is 12.0 Å². The van der Waals surface area contributed by atoms with E-state index in [1.807, 2.05) is 0 Å². The van der Waals surface area contributed by atoms with Crippen molar-refractivity contribution in [1.29, 1.82) is 0 Å². The summed E-state index contributed by atoms with van der Waals surface area (Å²) >= 11 is 0. The number of carboxylic acids is 1. The van der Waals surface area contributed by atoms with Crippen LogP contribution in [0.3, 0.4) is 0 Å². The van der Waals surface area contributed by atoms with Gasteiger partial charge in [-0.2, -0.15) is 0 Å². The number of likely N-dealkylation sites (N-methyl/N-ethyl adjacent to an activating group) is 1. The van der Waals surface area contributed by atoms with Crippen molar-refractivity contribution < 1.29 is 19.9 Å². The Bertz CT molecular complexity index is 304. The highest BCUT2D eigenvalue weighted by atomic mass is 16.4. The number of hydrogen-bond acceptors (Lipinski definition) is 2. The molecule has 0 aromatic heterocycles. The fourth-order valence-corrected chi connectivity index (χ4v) is 3.77.